The molecule has 1 aromatic rings. The quantitative estimate of drug-likeness (QED) is 0.877. The summed E-state index contributed by atoms with van der Waals surface area (Å²) in [5.74, 6) is -0.328. The lowest BCUT2D eigenvalue weighted by atomic mass is 9.94. The van der Waals surface area contributed by atoms with Crippen molar-refractivity contribution in [2.75, 3.05) is 13.1 Å². The van der Waals surface area contributed by atoms with Crippen molar-refractivity contribution in [3.8, 4) is 0 Å². The monoisotopic (exact) mass is 239 g/mol. The average Bonchev–Trinajstić information content (AvgIpc) is 2.56. The van der Waals surface area contributed by atoms with Gasteiger partial charge < -0.3 is 5.11 Å². The zero-order chi connectivity index (χ0) is 11.7. The van der Waals surface area contributed by atoms with Crippen molar-refractivity contribution in [3.63, 3.8) is 0 Å². The normalized spacial score (nSPS) is 19.4. The molecule has 1 saturated heterocycles. The number of aliphatic carboxylic acids is 1. The van der Waals surface area contributed by atoms with Crippen LogP contribution in [0.15, 0.2) is 12.1 Å². The zero-order valence-electron chi connectivity index (χ0n) is 9.64. The molecule has 1 aromatic heterocycles. The second kappa shape index (κ2) is 4.55. The Kier molecular flexibility index (Phi) is 3.30. The molecule has 4 heteroatoms. The molecular formula is C12H17NO2S. The number of rotatable bonds is 4. The molecule has 1 unspecified atom stereocenters. The van der Waals surface area contributed by atoms with Crippen LogP contribution in [-0.4, -0.2) is 29.1 Å². The molecule has 1 aliphatic heterocycles. The summed E-state index contributed by atoms with van der Waals surface area (Å²) in [4.78, 5) is 15.6. The first-order valence-electron chi connectivity index (χ1n) is 5.58. The Morgan fingerprint density at radius 2 is 2.31 bits per heavy atom. The van der Waals surface area contributed by atoms with Crippen LogP contribution in [0.1, 0.15) is 29.1 Å². The topological polar surface area (TPSA) is 40.5 Å². The minimum Gasteiger partial charge on any atom is -0.481 e. The number of likely N-dealkylation sites (tertiary alicyclic amines) is 1. The Balaban J connectivity index is 1.85. The van der Waals surface area contributed by atoms with Gasteiger partial charge in [0.2, 0.25) is 0 Å². The molecule has 88 valence electrons. The van der Waals surface area contributed by atoms with Crippen LogP contribution in [0.5, 0.6) is 0 Å². The third kappa shape index (κ3) is 2.44. The summed E-state index contributed by atoms with van der Waals surface area (Å²) >= 11 is 1.83. The first kappa shape index (κ1) is 11.6. The first-order valence-corrected chi connectivity index (χ1v) is 6.40. The Morgan fingerprint density at radius 3 is 2.81 bits per heavy atom. The highest BCUT2D eigenvalue weighted by molar-refractivity contribution is 7.12. The predicted octanol–water partition coefficient (Wildman–Crippen LogP) is 2.52. The van der Waals surface area contributed by atoms with Gasteiger partial charge in [-0.25, -0.2) is 0 Å². The highest BCUT2D eigenvalue weighted by Gasteiger charge is 2.32. The fourth-order valence-corrected chi connectivity index (χ4v) is 3.12. The van der Waals surface area contributed by atoms with Gasteiger partial charge in [0, 0.05) is 28.9 Å². The van der Waals surface area contributed by atoms with Crippen LogP contribution in [-0.2, 0) is 4.79 Å². The summed E-state index contributed by atoms with van der Waals surface area (Å²) in [5, 5.41) is 8.68. The molecule has 0 aromatic carbocycles. The van der Waals surface area contributed by atoms with E-state index in [1.54, 1.807) is 0 Å². The highest BCUT2D eigenvalue weighted by Crippen LogP contribution is 2.33. The van der Waals surface area contributed by atoms with E-state index in [9.17, 15) is 4.79 Å². The molecule has 0 saturated carbocycles. The van der Waals surface area contributed by atoms with Crippen molar-refractivity contribution in [3.05, 3.63) is 21.9 Å². The van der Waals surface area contributed by atoms with Crippen LogP contribution in [0.4, 0.5) is 0 Å². The first-order chi connectivity index (χ1) is 7.56. The van der Waals surface area contributed by atoms with Gasteiger partial charge in [-0.2, -0.15) is 0 Å². The highest BCUT2D eigenvalue weighted by atomic mass is 32.1. The Bertz CT molecular complexity index is 382. The van der Waals surface area contributed by atoms with E-state index >= 15 is 0 Å². The van der Waals surface area contributed by atoms with Crippen molar-refractivity contribution in [2.45, 2.75) is 26.3 Å². The number of thiophene rings is 1. The van der Waals surface area contributed by atoms with Crippen LogP contribution < -0.4 is 0 Å². The second-order valence-electron chi connectivity index (χ2n) is 4.54. The minimum absolute atomic E-state index is 0.312. The molecule has 1 fully saturated rings. The smallest absolute Gasteiger partial charge is 0.303 e. The summed E-state index contributed by atoms with van der Waals surface area (Å²) in [6, 6.07) is 4.75. The molecule has 0 amide bonds. The number of carbonyl (C=O) groups is 1. The Hall–Kier alpha value is -0.870. The third-order valence-electron chi connectivity index (χ3n) is 3.17. The van der Waals surface area contributed by atoms with E-state index in [-0.39, 0.29) is 0 Å². The fourth-order valence-electron chi connectivity index (χ4n) is 2.16. The molecule has 2 rings (SSSR count). The van der Waals surface area contributed by atoms with Gasteiger partial charge in [-0.15, -0.1) is 11.3 Å². The molecule has 0 radical (unpaired) electrons. The lowest BCUT2D eigenvalue weighted by Gasteiger charge is -2.42. The van der Waals surface area contributed by atoms with Crippen molar-refractivity contribution >= 4 is 17.3 Å². The number of hydrogen-bond acceptors (Lipinski definition) is 3. The van der Waals surface area contributed by atoms with Gasteiger partial charge >= 0.3 is 5.97 Å². The van der Waals surface area contributed by atoms with Gasteiger partial charge in [-0.3, -0.25) is 9.69 Å². The Labute approximate surface area is 99.7 Å². The van der Waals surface area contributed by atoms with Gasteiger partial charge in [0.25, 0.3) is 0 Å². The lowest BCUT2D eigenvalue weighted by Crippen LogP contribution is -2.48. The van der Waals surface area contributed by atoms with Gasteiger partial charge in [-0.05, 0) is 31.9 Å². The number of nitrogens with zero attached hydrogens (tertiary/aromatic N) is 1. The van der Waals surface area contributed by atoms with Crippen molar-refractivity contribution in [1.29, 1.82) is 0 Å². The summed E-state index contributed by atoms with van der Waals surface area (Å²) in [6.45, 7) is 6.15. The van der Waals surface area contributed by atoms with Crippen molar-refractivity contribution < 1.29 is 9.90 Å². The van der Waals surface area contributed by atoms with Gasteiger partial charge in [0.05, 0.1) is 6.42 Å². The van der Waals surface area contributed by atoms with Crippen LogP contribution >= 0.6 is 11.3 Å². The van der Waals surface area contributed by atoms with E-state index in [1.165, 1.54) is 9.75 Å². The molecule has 3 nitrogen and oxygen atoms in total. The summed E-state index contributed by atoms with van der Waals surface area (Å²) in [7, 11) is 0. The number of aryl methyl sites for hydroxylation is 1. The maximum absolute atomic E-state index is 10.5. The van der Waals surface area contributed by atoms with E-state index in [2.05, 4.69) is 30.9 Å². The molecule has 2 heterocycles. The van der Waals surface area contributed by atoms with Gasteiger partial charge in [-0.1, -0.05) is 0 Å². The average molecular weight is 239 g/mol. The molecule has 16 heavy (non-hydrogen) atoms. The predicted molar refractivity (Wildman–Crippen MR) is 64.8 cm³/mol. The van der Waals surface area contributed by atoms with Crippen molar-refractivity contribution in [2.24, 2.45) is 5.92 Å². The lowest BCUT2D eigenvalue weighted by molar-refractivity contribution is -0.139. The summed E-state index contributed by atoms with van der Waals surface area (Å²) in [6.07, 6.45) is 0.312. The minimum atomic E-state index is -0.677. The van der Waals surface area contributed by atoms with Crippen molar-refractivity contribution in [1.82, 2.24) is 4.90 Å². The molecule has 0 bridgehead atoms. The maximum atomic E-state index is 10.5. The maximum Gasteiger partial charge on any atom is 0.303 e. The largest absolute Gasteiger partial charge is 0.481 e. The van der Waals surface area contributed by atoms with E-state index in [4.69, 9.17) is 5.11 Å². The molecular weight excluding hydrogens is 222 g/mol. The SMILES string of the molecule is Cc1ccc(C(C)N2CC(CC(=O)O)C2)s1. The second-order valence-corrected chi connectivity index (χ2v) is 5.86. The molecule has 1 atom stereocenters. The third-order valence-corrected chi connectivity index (χ3v) is 4.34. The molecule has 1 N–H and O–H groups in total. The van der Waals surface area contributed by atoms with Crippen LogP contribution in [0, 0.1) is 12.8 Å². The van der Waals surface area contributed by atoms with E-state index in [0.717, 1.165) is 13.1 Å². The molecule has 1 aliphatic rings. The number of carboxylic acid groups (broad SMARTS) is 1. The summed E-state index contributed by atoms with van der Waals surface area (Å²) < 4.78 is 0. The zero-order valence-corrected chi connectivity index (χ0v) is 10.5. The van der Waals surface area contributed by atoms with Crippen LogP contribution in [0.2, 0.25) is 0 Å². The molecule has 0 spiro atoms. The number of carboxylic acids is 1. The van der Waals surface area contributed by atoms with E-state index in [0.29, 0.717) is 18.4 Å². The van der Waals surface area contributed by atoms with Gasteiger partial charge in [0.15, 0.2) is 0 Å². The number of hydrogen-bond donors (Lipinski definition) is 1. The fraction of sp³-hybridized carbons (Fsp3) is 0.583. The van der Waals surface area contributed by atoms with E-state index < -0.39 is 5.97 Å². The van der Waals surface area contributed by atoms with Gasteiger partial charge in [0.1, 0.15) is 0 Å². The Morgan fingerprint density at radius 1 is 1.62 bits per heavy atom. The standard InChI is InChI=1S/C12H17NO2S/c1-8-3-4-11(16-8)9(2)13-6-10(7-13)5-12(14)15/h3-4,9-10H,5-7H2,1-2H3,(H,14,15). The van der Waals surface area contributed by atoms with Crippen LogP contribution in [0.3, 0.4) is 0 Å². The van der Waals surface area contributed by atoms with E-state index in [1.807, 2.05) is 11.3 Å². The van der Waals surface area contributed by atoms with Crippen LogP contribution in [0.25, 0.3) is 0 Å². The summed E-state index contributed by atoms with van der Waals surface area (Å²) in [5.41, 5.74) is 0. The molecule has 0 aliphatic carbocycles.